The van der Waals surface area contributed by atoms with Gasteiger partial charge in [-0.1, -0.05) is 6.07 Å². The van der Waals surface area contributed by atoms with Crippen LogP contribution in [0.1, 0.15) is 16.8 Å². The van der Waals surface area contributed by atoms with E-state index >= 15 is 0 Å². The van der Waals surface area contributed by atoms with Gasteiger partial charge in [0.1, 0.15) is 0 Å². The third-order valence-corrected chi connectivity index (χ3v) is 2.68. The van der Waals surface area contributed by atoms with E-state index in [9.17, 15) is 0 Å². The van der Waals surface area contributed by atoms with Gasteiger partial charge in [0.15, 0.2) is 11.5 Å². The molecule has 0 atom stereocenters. The molecule has 0 spiro atoms. The molecule has 0 fully saturated rings. The van der Waals surface area contributed by atoms with Crippen LogP contribution in [0.3, 0.4) is 0 Å². The van der Waals surface area contributed by atoms with Crippen molar-refractivity contribution in [3.8, 4) is 23.4 Å². The molecule has 0 unspecified atom stereocenters. The molecule has 5 nitrogen and oxygen atoms in total. The highest BCUT2D eigenvalue weighted by Crippen LogP contribution is 2.32. The summed E-state index contributed by atoms with van der Waals surface area (Å²) in [6, 6.07) is 10.4. The van der Waals surface area contributed by atoms with Gasteiger partial charge in [0, 0.05) is 11.8 Å². The summed E-state index contributed by atoms with van der Waals surface area (Å²) in [6.45, 7) is 1.72. The smallest absolute Gasteiger partial charge is 0.220 e. The molecule has 1 N–H and O–H groups in total. The molecular weight excluding hydrogens is 256 g/mol. The first-order valence-electron chi connectivity index (χ1n) is 6.00. The van der Waals surface area contributed by atoms with Gasteiger partial charge in [-0.15, -0.1) is 0 Å². The van der Waals surface area contributed by atoms with Crippen LogP contribution in [0, 0.1) is 18.3 Å². The topological polar surface area (TPSA) is 75.4 Å². The minimum absolute atomic E-state index is 0.0715. The molecule has 2 aromatic rings. The number of aliphatic hydroxyl groups is 1. The molecule has 0 aliphatic rings. The quantitative estimate of drug-likeness (QED) is 0.924. The Morgan fingerprint density at radius 3 is 2.70 bits per heavy atom. The van der Waals surface area contributed by atoms with Gasteiger partial charge in [0.25, 0.3) is 0 Å². The van der Waals surface area contributed by atoms with Crippen LogP contribution in [0.15, 0.2) is 30.3 Å². The molecule has 0 amide bonds. The van der Waals surface area contributed by atoms with E-state index < -0.39 is 0 Å². The van der Waals surface area contributed by atoms with Gasteiger partial charge in [-0.3, -0.25) is 0 Å². The Morgan fingerprint density at radius 2 is 2.05 bits per heavy atom. The molecule has 1 heterocycles. The fourth-order valence-corrected chi connectivity index (χ4v) is 1.76. The summed E-state index contributed by atoms with van der Waals surface area (Å²) in [5, 5.41) is 18.0. The van der Waals surface area contributed by atoms with Crippen LogP contribution >= 0.6 is 0 Å². The second-order valence-corrected chi connectivity index (χ2v) is 4.19. The number of methoxy groups -OCH3 is 1. The van der Waals surface area contributed by atoms with E-state index in [2.05, 4.69) is 11.1 Å². The van der Waals surface area contributed by atoms with Crippen LogP contribution in [-0.4, -0.2) is 17.2 Å². The number of aryl methyl sites for hydroxylation is 1. The molecule has 0 saturated heterocycles. The Morgan fingerprint density at radius 1 is 1.25 bits per heavy atom. The number of hydrogen-bond acceptors (Lipinski definition) is 5. The van der Waals surface area contributed by atoms with E-state index in [1.54, 1.807) is 37.3 Å². The van der Waals surface area contributed by atoms with E-state index in [1.165, 1.54) is 7.11 Å². The number of aliphatic hydroxyl groups excluding tert-OH is 1. The normalized spacial score (nSPS) is 9.90. The number of ether oxygens (including phenoxy) is 2. The monoisotopic (exact) mass is 270 g/mol. The van der Waals surface area contributed by atoms with Gasteiger partial charge in [-0.2, -0.15) is 5.26 Å². The molecule has 1 aromatic carbocycles. The first kappa shape index (κ1) is 13.8. The molecule has 2 rings (SSSR count). The van der Waals surface area contributed by atoms with Crippen LogP contribution in [0.2, 0.25) is 0 Å². The number of pyridine rings is 1. The average molecular weight is 270 g/mol. The second kappa shape index (κ2) is 6.04. The van der Waals surface area contributed by atoms with Gasteiger partial charge in [0.05, 0.1) is 25.3 Å². The van der Waals surface area contributed by atoms with Crippen molar-refractivity contribution in [2.75, 3.05) is 7.11 Å². The van der Waals surface area contributed by atoms with E-state index in [0.29, 0.717) is 28.6 Å². The third-order valence-electron chi connectivity index (χ3n) is 2.68. The molecule has 0 aliphatic heterocycles. The van der Waals surface area contributed by atoms with Crippen molar-refractivity contribution in [2.45, 2.75) is 13.5 Å². The summed E-state index contributed by atoms with van der Waals surface area (Å²) in [5.41, 5.74) is 1.91. The average Bonchev–Trinajstić information content (AvgIpc) is 2.47. The maximum absolute atomic E-state index is 9.10. The lowest BCUT2D eigenvalue weighted by Crippen LogP contribution is -1.95. The zero-order chi connectivity index (χ0) is 14.5. The third kappa shape index (κ3) is 3.05. The van der Waals surface area contributed by atoms with Gasteiger partial charge < -0.3 is 14.6 Å². The molecular formula is C15H14N2O3. The van der Waals surface area contributed by atoms with Crippen molar-refractivity contribution in [3.63, 3.8) is 0 Å². The van der Waals surface area contributed by atoms with Crippen molar-refractivity contribution in [2.24, 2.45) is 0 Å². The maximum atomic E-state index is 9.10. The highest BCUT2D eigenvalue weighted by molar-refractivity contribution is 5.45. The molecule has 5 heteroatoms. The molecule has 20 heavy (non-hydrogen) atoms. The predicted octanol–water partition coefficient (Wildman–Crippen LogP) is 2.55. The minimum atomic E-state index is -0.0715. The summed E-state index contributed by atoms with van der Waals surface area (Å²) in [6.07, 6.45) is 0. The number of nitriles is 1. The largest absolute Gasteiger partial charge is 0.493 e. The molecule has 0 bridgehead atoms. The van der Waals surface area contributed by atoms with Gasteiger partial charge in [-0.25, -0.2) is 4.98 Å². The number of rotatable bonds is 4. The highest BCUT2D eigenvalue weighted by Gasteiger charge is 2.09. The van der Waals surface area contributed by atoms with Crippen LogP contribution in [0.4, 0.5) is 0 Å². The SMILES string of the molecule is COc1cc(CO)ccc1Oc1cc(C#N)cc(C)n1. The Hall–Kier alpha value is -2.58. The van der Waals surface area contributed by atoms with Gasteiger partial charge >= 0.3 is 0 Å². The lowest BCUT2D eigenvalue weighted by molar-refractivity contribution is 0.280. The summed E-state index contributed by atoms with van der Waals surface area (Å²) < 4.78 is 10.9. The van der Waals surface area contributed by atoms with E-state index in [4.69, 9.17) is 19.8 Å². The minimum Gasteiger partial charge on any atom is -0.493 e. The number of benzene rings is 1. The summed E-state index contributed by atoms with van der Waals surface area (Å²) in [7, 11) is 1.52. The molecule has 0 aliphatic carbocycles. The molecule has 1 aromatic heterocycles. The van der Waals surface area contributed by atoms with Crippen molar-refractivity contribution in [1.29, 1.82) is 5.26 Å². The number of aromatic nitrogens is 1. The molecule has 0 saturated carbocycles. The molecule has 102 valence electrons. The van der Waals surface area contributed by atoms with E-state index in [1.807, 2.05) is 0 Å². The highest BCUT2D eigenvalue weighted by atomic mass is 16.5. The standard InChI is InChI=1S/C15H14N2O3/c1-10-5-12(8-16)7-15(17-10)20-13-4-3-11(9-18)6-14(13)19-2/h3-7,18H,9H2,1-2H3. The number of hydrogen-bond donors (Lipinski definition) is 1. The van der Waals surface area contributed by atoms with E-state index in [0.717, 1.165) is 5.56 Å². The van der Waals surface area contributed by atoms with Crippen molar-refractivity contribution >= 4 is 0 Å². The van der Waals surface area contributed by atoms with Crippen LogP contribution in [0.5, 0.6) is 17.4 Å². The van der Waals surface area contributed by atoms with E-state index in [-0.39, 0.29) is 6.61 Å². The summed E-state index contributed by atoms with van der Waals surface area (Å²) in [5.74, 6) is 1.31. The van der Waals surface area contributed by atoms with Gasteiger partial charge in [0.2, 0.25) is 5.88 Å². The fourth-order valence-electron chi connectivity index (χ4n) is 1.76. The van der Waals surface area contributed by atoms with Crippen molar-refractivity contribution < 1.29 is 14.6 Å². The maximum Gasteiger partial charge on any atom is 0.220 e. The van der Waals surface area contributed by atoms with Crippen molar-refractivity contribution in [3.05, 3.63) is 47.2 Å². The zero-order valence-electron chi connectivity index (χ0n) is 11.3. The Kier molecular flexibility index (Phi) is 4.18. The lowest BCUT2D eigenvalue weighted by Gasteiger charge is -2.11. The fraction of sp³-hybridized carbons (Fsp3) is 0.200. The zero-order valence-corrected chi connectivity index (χ0v) is 11.3. The Bertz CT molecular complexity index is 663. The Labute approximate surface area is 117 Å². The first-order chi connectivity index (χ1) is 9.66. The predicted molar refractivity (Wildman–Crippen MR) is 72.7 cm³/mol. The lowest BCUT2D eigenvalue weighted by atomic mass is 10.2. The van der Waals surface area contributed by atoms with Crippen LogP contribution < -0.4 is 9.47 Å². The summed E-state index contributed by atoms with van der Waals surface area (Å²) >= 11 is 0. The first-order valence-corrected chi connectivity index (χ1v) is 6.00. The molecule has 0 radical (unpaired) electrons. The second-order valence-electron chi connectivity index (χ2n) is 4.19. The van der Waals surface area contributed by atoms with Crippen LogP contribution in [-0.2, 0) is 6.61 Å². The number of nitrogens with zero attached hydrogens (tertiary/aromatic N) is 2. The van der Waals surface area contributed by atoms with Crippen molar-refractivity contribution in [1.82, 2.24) is 4.98 Å². The van der Waals surface area contributed by atoms with Gasteiger partial charge in [-0.05, 0) is 30.7 Å². The summed E-state index contributed by atoms with van der Waals surface area (Å²) in [4.78, 5) is 4.22. The van der Waals surface area contributed by atoms with Crippen LogP contribution in [0.25, 0.3) is 0 Å². The Balaban J connectivity index is 2.35.